The number of ether oxygens (including phenoxy) is 1. The molecule has 3 rings (SSSR count). The van der Waals surface area contributed by atoms with Crippen LogP contribution < -0.4 is 21.1 Å². The van der Waals surface area contributed by atoms with Gasteiger partial charge in [-0.3, -0.25) is 9.56 Å². The molecule has 0 fully saturated rings. The highest BCUT2D eigenvalue weighted by Gasteiger charge is 2.16. The monoisotopic (exact) mass is 500 g/mol. The summed E-state index contributed by atoms with van der Waals surface area (Å²) >= 11 is 0. The third-order valence-electron chi connectivity index (χ3n) is 4.73. The first-order valence-electron chi connectivity index (χ1n) is 9.46. The number of guanidine groups is 1. The molecule has 1 aromatic carbocycles. The number of methoxy groups -OCH3 is 1. The first kappa shape index (κ1) is 22.3. The van der Waals surface area contributed by atoms with Crippen molar-refractivity contribution in [2.24, 2.45) is 4.99 Å². The molecule has 0 spiro atoms. The molecule has 0 saturated heterocycles. The predicted molar refractivity (Wildman–Crippen MR) is 121 cm³/mol. The van der Waals surface area contributed by atoms with Gasteiger partial charge in [0.2, 0.25) is 0 Å². The molecule has 0 amide bonds. The van der Waals surface area contributed by atoms with Gasteiger partial charge in [-0.15, -0.1) is 24.0 Å². The van der Waals surface area contributed by atoms with Gasteiger partial charge in [0.15, 0.2) is 5.96 Å². The Balaban J connectivity index is 0.00000280. The Morgan fingerprint density at radius 2 is 2.11 bits per heavy atom. The fraction of sp³-hybridized carbons (Fsp3) is 0.526. The zero-order valence-corrected chi connectivity index (χ0v) is 18.8. The van der Waals surface area contributed by atoms with Crippen molar-refractivity contribution in [1.29, 1.82) is 0 Å². The van der Waals surface area contributed by atoms with E-state index in [4.69, 9.17) is 4.74 Å². The van der Waals surface area contributed by atoms with Crippen molar-refractivity contribution in [3.8, 4) is 5.75 Å². The van der Waals surface area contributed by atoms with Crippen LogP contribution >= 0.6 is 24.0 Å². The SMILES string of the molecule is CN=C(NCCCn1nc2n(c1=O)CCCC2)NCc1ccccc1OC.I. The van der Waals surface area contributed by atoms with Gasteiger partial charge in [-0.25, -0.2) is 9.48 Å². The van der Waals surface area contributed by atoms with Crippen LogP contribution in [0.1, 0.15) is 30.7 Å². The number of aromatic nitrogens is 3. The second kappa shape index (κ2) is 11.1. The quantitative estimate of drug-likeness (QED) is 0.262. The lowest BCUT2D eigenvalue weighted by Gasteiger charge is -2.13. The van der Waals surface area contributed by atoms with Crippen molar-refractivity contribution in [2.45, 2.75) is 45.3 Å². The maximum atomic E-state index is 12.3. The molecule has 0 atom stereocenters. The largest absolute Gasteiger partial charge is 0.496 e. The molecule has 9 heteroatoms. The smallest absolute Gasteiger partial charge is 0.345 e. The number of para-hydroxylation sites is 1. The van der Waals surface area contributed by atoms with E-state index in [-0.39, 0.29) is 29.7 Å². The predicted octanol–water partition coefficient (Wildman–Crippen LogP) is 1.76. The number of aliphatic imine (C=N–C) groups is 1. The average Bonchev–Trinajstić information content (AvgIpc) is 3.03. The molecule has 1 aromatic heterocycles. The average molecular weight is 500 g/mol. The van der Waals surface area contributed by atoms with Crippen LogP contribution in [-0.4, -0.2) is 41.0 Å². The lowest BCUT2D eigenvalue weighted by Crippen LogP contribution is -2.38. The van der Waals surface area contributed by atoms with Gasteiger partial charge in [0.1, 0.15) is 11.6 Å². The molecule has 2 N–H and O–H groups in total. The van der Waals surface area contributed by atoms with Gasteiger partial charge in [-0.2, -0.15) is 5.10 Å². The van der Waals surface area contributed by atoms with Crippen LogP contribution in [0.5, 0.6) is 5.75 Å². The minimum Gasteiger partial charge on any atom is -0.496 e. The van der Waals surface area contributed by atoms with E-state index >= 15 is 0 Å². The van der Waals surface area contributed by atoms with Gasteiger partial charge in [0.25, 0.3) is 0 Å². The third kappa shape index (κ3) is 5.49. The second-order valence-electron chi connectivity index (χ2n) is 6.55. The normalized spacial score (nSPS) is 13.4. The highest BCUT2D eigenvalue weighted by Crippen LogP contribution is 2.16. The molecule has 0 unspecified atom stereocenters. The van der Waals surface area contributed by atoms with Crippen molar-refractivity contribution >= 4 is 29.9 Å². The van der Waals surface area contributed by atoms with Crippen molar-refractivity contribution in [2.75, 3.05) is 20.7 Å². The molecular weight excluding hydrogens is 471 g/mol. The lowest BCUT2D eigenvalue weighted by atomic mass is 10.2. The van der Waals surface area contributed by atoms with Gasteiger partial charge in [0, 0.05) is 45.2 Å². The molecule has 28 heavy (non-hydrogen) atoms. The summed E-state index contributed by atoms with van der Waals surface area (Å²) in [6, 6.07) is 7.89. The molecule has 8 nitrogen and oxygen atoms in total. The lowest BCUT2D eigenvalue weighted by molar-refractivity contribution is 0.409. The summed E-state index contributed by atoms with van der Waals surface area (Å²) < 4.78 is 8.76. The molecule has 0 saturated carbocycles. The summed E-state index contributed by atoms with van der Waals surface area (Å²) in [6.07, 6.45) is 3.88. The maximum Gasteiger partial charge on any atom is 0.345 e. The Labute approximate surface area is 182 Å². The Hall–Kier alpha value is -2.04. The van der Waals surface area contributed by atoms with Crippen LogP contribution in [0.2, 0.25) is 0 Å². The summed E-state index contributed by atoms with van der Waals surface area (Å²) in [5, 5.41) is 11.0. The van der Waals surface area contributed by atoms with Crippen LogP contribution in [0, 0.1) is 0 Å². The first-order valence-corrected chi connectivity index (χ1v) is 9.46. The summed E-state index contributed by atoms with van der Waals surface area (Å²) in [7, 11) is 3.41. The van der Waals surface area contributed by atoms with E-state index in [1.807, 2.05) is 28.8 Å². The summed E-state index contributed by atoms with van der Waals surface area (Å²) in [4.78, 5) is 16.6. The minimum atomic E-state index is 0. The number of nitrogens with zero attached hydrogens (tertiary/aromatic N) is 4. The zero-order chi connectivity index (χ0) is 19.1. The van der Waals surface area contributed by atoms with E-state index in [0.717, 1.165) is 55.3 Å². The highest BCUT2D eigenvalue weighted by molar-refractivity contribution is 14.0. The summed E-state index contributed by atoms with van der Waals surface area (Å²) in [6.45, 7) is 2.73. The van der Waals surface area contributed by atoms with Gasteiger partial charge in [-0.1, -0.05) is 18.2 Å². The number of nitrogens with one attached hydrogen (secondary N) is 2. The fourth-order valence-corrected chi connectivity index (χ4v) is 3.28. The van der Waals surface area contributed by atoms with Crippen molar-refractivity contribution in [3.05, 3.63) is 46.1 Å². The minimum absolute atomic E-state index is 0. The van der Waals surface area contributed by atoms with Crippen LogP contribution in [-0.2, 0) is 26.1 Å². The van der Waals surface area contributed by atoms with Crippen LogP contribution in [0.25, 0.3) is 0 Å². The Morgan fingerprint density at radius 1 is 1.29 bits per heavy atom. The maximum absolute atomic E-state index is 12.3. The highest BCUT2D eigenvalue weighted by atomic mass is 127. The van der Waals surface area contributed by atoms with Gasteiger partial charge >= 0.3 is 5.69 Å². The summed E-state index contributed by atoms with van der Waals surface area (Å²) in [5.41, 5.74) is 1.08. The van der Waals surface area contributed by atoms with E-state index in [1.165, 1.54) is 0 Å². The number of halogens is 1. The van der Waals surface area contributed by atoms with Gasteiger partial charge in [-0.05, 0) is 25.3 Å². The third-order valence-corrected chi connectivity index (χ3v) is 4.73. The molecule has 1 aliphatic heterocycles. The van der Waals surface area contributed by atoms with Crippen LogP contribution in [0.3, 0.4) is 0 Å². The van der Waals surface area contributed by atoms with Gasteiger partial charge < -0.3 is 15.4 Å². The van der Waals surface area contributed by atoms with Crippen molar-refractivity contribution < 1.29 is 4.74 Å². The molecule has 0 bridgehead atoms. The molecule has 0 radical (unpaired) electrons. The molecule has 2 heterocycles. The number of fused-ring (bicyclic) bond motifs is 1. The van der Waals surface area contributed by atoms with Crippen LogP contribution in [0.15, 0.2) is 34.1 Å². The molecule has 0 aliphatic carbocycles. The second-order valence-corrected chi connectivity index (χ2v) is 6.55. The molecule has 154 valence electrons. The van der Waals surface area contributed by atoms with Crippen molar-refractivity contribution in [1.82, 2.24) is 25.0 Å². The first-order chi connectivity index (χ1) is 13.2. The number of rotatable bonds is 7. The molecular formula is C19H29IN6O2. The molecule has 1 aliphatic rings. The van der Waals surface area contributed by atoms with Gasteiger partial charge in [0.05, 0.1) is 7.11 Å². The topological polar surface area (TPSA) is 85.5 Å². The number of aryl methyl sites for hydroxylation is 2. The fourth-order valence-electron chi connectivity index (χ4n) is 3.28. The number of hydrogen-bond donors (Lipinski definition) is 2. The van der Waals surface area contributed by atoms with Crippen molar-refractivity contribution in [3.63, 3.8) is 0 Å². The molecule has 2 aromatic rings. The Kier molecular flexibility index (Phi) is 8.81. The summed E-state index contributed by atoms with van der Waals surface area (Å²) in [5.74, 6) is 2.49. The van der Waals surface area contributed by atoms with E-state index in [9.17, 15) is 4.79 Å². The standard InChI is InChI=1S/C19H28N6O2.HI/c1-20-18(22-14-15-8-3-4-9-16(15)27-2)21-11-7-13-25-19(26)24-12-6-5-10-17(24)23-25;/h3-4,8-9H,5-7,10-14H2,1-2H3,(H2,20,21,22);1H. The van der Waals surface area contributed by atoms with E-state index in [2.05, 4.69) is 20.7 Å². The van der Waals surface area contributed by atoms with Crippen LogP contribution in [0.4, 0.5) is 0 Å². The van der Waals surface area contributed by atoms with E-state index in [1.54, 1.807) is 18.8 Å². The Morgan fingerprint density at radius 3 is 2.86 bits per heavy atom. The van der Waals surface area contributed by atoms with E-state index < -0.39 is 0 Å². The number of hydrogen-bond acceptors (Lipinski definition) is 4. The Bertz CT molecular complexity index is 845. The zero-order valence-electron chi connectivity index (χ0n) is 16.5. The van der Waals surface area contributed by atoms with E-state index in [0.29, 0.717) is 19.6 Å². The number of benzene rings is 1.